The zero-order valence-corrected chi connectivity index (χ0v) is 19.8. The van der Waals surface area contributed by atoms with Crippen LogP contribution in [0, 0.1) is 0 Å². The van der Waals surface area contributed by atoms with E-state index in [9.17, 15) is 18.0 Å². The number of carboxylic acid groups (broad SMARTS) is 2. The summed E-state index contributed by atoms with van der Waals surface area (Å²) >= 11 is 0. The van der Waals surface area contributed by atoms with Crippen molar-refractivity contribution >= 4 is 11.9 Å². The van der Waals surface area contributed by atoms with Crippen LogP contribution in [-0.4, -0.2) is 73.8 Å². The summed E-state index contributed by atoms with van der Waals surface area (Å²) in [6, 6.07) is 10.6. The van der Waals surface area contributed by atoms with Gasteiger partial charge in [0.2, 0.25) is 5.69 Å². The molecule has 1 saturated carbocycles. The van der Waals surface area contributed by atoms with Crippen molar-refractivity contribution in [1.82, 2.24) is 25.6 Å². The van der Waals surface area contributed by atoms with E-state index in [1.165, 1.54) is 5.56 Å². The molecule has 0 amide bonds. The van der Waals surface area contributed by atoms with E-state index < -0.39 is 18.1 Å². The summed E-state index contributed by atoms with van der Waals surface area (Å²) in [7, 11) is 1.69. The van der Waals surface area contributed by atoms with Gasteiger partial charge in [0.1, 0.15) is 6.10 Å². The van der Waals surface area contributed by atoms with E-state index in [-0.39, 0.29) is 17.7 Å². The maximum absolute atomic E-state index is 11.1. The third-order valence-corrected chi connectivity index (χ3v) is 5.81. The highest BCUT2D eigenvalue weighted by Crippen LogP contribution is 2.35. The topological polar surface area (TPSA) is 163 Å². The lowest BCUT2D eigenvalue weighted by molar-refractivity contribution is -0.192. The Balaban J connectivity index is 0.000000479. The van der Waals surface area contributed by atoms with Gasteiger partial charge in [0.05, 0.1) is 12.3 Å². The molecule has 14 heteroatoms. The fraction of sp³-hybridized carbons (Fsp3) is 0.435. The zero-order chi connectivity index (χ0) is 27.0. The number of hydrogen-bond donors (Lipinski definition) is 4. The highest BCUT2D eigenvalue weighted by atomic mass is 19.4. The molecular formula is C23H26F3N5O6. The number of halogens is 3. The summed E-state index contributed by atoms with van der Waals surface area (Å²) in [5, 5.41) is 33.3. The molecule has 4 rings (SSSR count). The van der Waals surface area contributed by atoms with Crippen molar-refractivity contribution in [3.8, 4) is 17.1 Å². The van der Waals surface area contributed by atoms with E-state index in [1.807, 2.05) is 0 Å². The van der Waals surface area contributed by atoms with Gasteiger partial charge in [-0.1, -0.05) is 34.6 Å². The summed E-state index contributed by atoms with van der Waals surface area (Å²) in [6.45, 7) is 0.668. The smallest absolute Gasteiger partial charge is 0.476 e. The molecular weight excluding hydrogens is 499 g/mol. The molecule has 3 aromatic rings. The molecule has 0 spiro atoms. The highest BCUT2D eigenvalue weighted by molar-refractivity contribution is 5.87. The van der Waals surface area contributed by atoms with Crippen LogP contribution in [0.25, 0.3) is 11.3 Å². The minimum absolute atomic E-state index is 0.0432. The molecule has 0 unspecified atom stereocenters. The van der Waals surface area contributed by atoms with Crippen LogP contribution in [0.1, 0.15) is 53.3 Å². The fourth-order valence-corrected chi connectivity index (χ4v) is 3.89. The molecule has 0 atom stereocenters. The maximum atomic E-state index is 11.1. The summed E-state index contributed by atoms with van der Waals surface area (Å²) < 4.78 is 42.6. The van der Waals surface area contributed by atoms with E-state index >= 15 is 0 Å². The van der Waals surface area contributed by atoms with Crippen LogP contribution in [0.5, 0.6) is 5.88 Å². The second-order valence-corrected chi connectivity index (χ2v) is 8.33. The summed E-state index contributed by atoms with van der Waals surface area (Å²) in [5.41, 5.74) is 4.29. The largest absolute Gasteiger partial charge is 0.490 e. The quantitative estimate of drug-likeness (QED) is 0.342. The number of benzene rings is 1. The Morgan fingerprint density at radius 3 is 2.30 bits per heavy atom. The van der Waals surface area contributed by atoms with Crippen molar-refractivity contribution in [2.24, 2.45) is 0 Å². The first-order valence-electron chi connectivity index (χ1n) is 11.3. The lowest BCUT2D eigenvalue weighted by Gasteiger charge is -2.28. The standard InChI is InChI=1S/C21H25N5O4.C2HF3O2/c1-29-11-10-16-12-18(23-22-16)15-4-2-13(3-5-15)14-6-8-17(9-7-14)30-20-19(21(27)28)24-26-25-20;3-2(4,5)1(6)7/h2-5,12,14,17H,6-11H2,1H3,(H,22,23)(H,27,28)(H,24,25,26);(H,6,7). The Labute approximate surface area is 209 Å². The summed E-state index contributed by atoms with van der Waals surface area (Å²) in [4.78, 5) is 20.0. The van der Waals surface area contributed by atoms with Gasteiger partial charge in [-0.3, -0.25) is 5.10 Å². The fourth-order valence-electron chi connectivity index (χ4n) is 3.89. The lowest BCUT2D eigenvalue weighted by Crippen LogP contribution is -2.24. The van der Waals surface area contributed by atoms with Gasteiger partial charge < -0.3 is 19.7 Å². The van der Waals surface area contributed by atoms with Crippen LogP contribution in [0.3, 0.4) is 0 Å². The SMILES string of the molecule is COCCc1cc(-c2ccc(C3CCC(Oc4nn[nH]c4C(=O)O)CC3)cc2)n[nH]1.O=C(O)C(F)(F)F. The molecule has 1 fully saturated rings. The molecule has 2 aromatic heterocycles. The number of H-pyrrole nitrogens is 2. The maximum Gasteiger partial charge on any atom is 0.490 e. The first-order chi connectivity index (χ1) is 17.6. The first kappa shape index (κ1) is 27.6. The zero-order valence-electron chi connectivity index (χ0n) is 19.8. The Bertz CT molecular complexity index is 1170. The van der Waals surface area contributed by atoms with E-state index in [4.69, 9.17) is 24.5 Å². The van der Waals surface area contributed by atoms with E-state index in [0.717, 1.165) is 49.1 Å². The number of hydrogen-bond acceptors (Lipinski definition) is 7. The van der Waals surface area contributed by atoms with Gasteiger partial charge in [0, 0.05) is 24.8 Å². The van der Waals surface area contributed by atoms with Gasteiger partial charge in [-0.05, 0) is 43.2 Å². The molecule has 37 heavy (non-hydrogen) atoms. The van der Waals surface area contributed by atoms with E-state index in [0.29, 0.717) is 12.5 Å². The van der Waals surface area contributed by atoms with Gasteiger partial charge in [-0.15, -0.1) is 0 Å². The number of aromatic nitrogens is 5. The molecule has 2 heterocycles. The van der Waals surface area contributed by atoms with Gasteiger partial charge >= 0.3 is 18.1 Å². The molecule has 0 saturated heterocycles. The highest BCUT2D eigenvalue weighted by Gasteiger charge is 2.38. The third kappa shape index (κ3) is 7.77. The molecule has 11 nitrogen and oxygen atoms in total. The third-order valence-electron chi connectivity index (χ3n) is 5.81. The van der Waals surface area contributed by atoms with E-state index in [1.54, 1.807) is 7.11 Å². The van der Waals surface area contributed by atoms with Gasteiger partial charge in [0.25, 0.3) is 5.88 Å². The molecule has 4 N–H and O–H groups in total. The van der Waals surface area contributed by atoms with Crippen LogP contribution >= 0.6 is 0 Å². The minimum Gasteiger partial charge on any atom is -0.476 e. The van der Waals surface area contributed by atoms with Crippen molar-refractivity contribution in [2.45, 2.75) is 50.3 Å². The molecule has 1 aliphatic carbocycles. The van der Waals surface area contributed by atoms with Crippen molar-refractivity contribution in [3.63, 3.8) is 0 Å². The number of aliphatic carboxylic acids is 1. The molecule has 1 aromatic carbocycles. The van der Waals surface area contributed by atoms with Crippen molar-refractivity contribution in [2.75, 3.05) is 13.7 Å². The number of alkyl halides is 3. The van der Waals surface area contributed by atoms with Gasteiger partial charge in [-0.25, -0.2) is 14.7 Å². The number of aromatic amines is 2. The van der Waals surface area contributed by atoms with Crippen LogP contribution in [0.4, 0.5) is 13.2 Å². The number of aromatic carboxylic acids is 1. The second kappa shape index (κ2) is 12.3. The predicted molar refractivity (Wildman–Crippen MR) is 122 cm³/mol. The molecule has 0 aliphatic heterocycles. The molecule has 1 aliphatic rings. The number of nitrogens with one attached hydrogen (secondary N) is 2. The number of nitrogens with zero attached hydrogens (tertiary/aromatic N) is 3. The molecule has 200 valence electrons. The number of carboxylic acids is 2. The predicted octanol–water partition coefficient (Wildman–Crippen LogP) is 3.82. The number of rotatable bonds is 8. The van der Waals surface area contributed by atoms with Crippen LogP contribution < -0.4 is 4.74 Å². The monoisotopic (exact) mass is 525 g/mol. The summed E-state index contributed by atoms with van der Waals surface area (Å²) in [5.74, 6) is -3.34. The van der Waals surface area contributed by atoms with Crippen LogP contribution in [0.2, 0.25) is 0 Å². The average Bonchev–Trinajstić information content (AvgIpc) is 3.53. The minimum atomic E-state index is -5.08. The van der Waals surface area contributed by atoms with Crippen molar-refractivity contribution < 1.29 is 42.4 Å². The normalized spacial score (nSPS) is 17.5. The Morgan fingerprint density at radius 2 is 1.73 bits per heavy atom. The Kier molecular flexibility index (Phi) is 9.22. The van der Waals surface area contributed by atoms with Crippen LogP contribution in [0.15, 0.2) is 30.3 Å². The van der Waals surface area contributed by atoms with Gasteiger partial charge in [-0.2, -0.15) is 18.3 Å². The number of carbonyl (C=O) groups is 2. The summed E-state index contributed by atoms with van der Waals surface area (Å²) in [6.07, 6.45) is -0.656. The molecule has 0 radical (unpaired) electrons. The second-order valence-electron chi connectivity index (χ2n) is 8.33. The van der Waals surface area contributed by atoms with Crippen molar-refractivity contribution in [1.29, 1.82) is 0 Å². The number of methoxy groups -OCH3 is 1. The Morgan fingerprint density at radius 1 is 1.08 bits per heavy atom. The van der Waals surface area contributed by atoms with Crippen LogP contribution in [-0.2, 0) is 16.0 Å². The number of ether oxygens (including phenoxy) is 2. The van der Waals surface area contributed by atoms with E-state index in [2.05, 4.69) is 55.9 Å². The van der Waals surface area contributed by atoms with Gasteiger partial charge in [0.15, 0.2) is 0 Å². The van der Waals surface area contributed by atoms with Crippen molar-refractivity contribution in [3.05, 3.63) is 47.3 Å². The first-order valence-corrected chi connectivity index (χ1v) is 11.3. The average molecular weight is 525 g/mol. The lowest BCUT2D eigenvalue weighted by atomic mass is 9.82. The Hall–Kier alpha value is -3.94. The molecule has 0 bridgehead atoms.